The molecule has 0 fully saturated rings. The summed E-state index contributed by atoms with van der Waals surface area (Å²) in [6.07, 6.45) is 1.68. The van der Waals surface area contributed by atoms with Gasteiger partial charge in [-0.2, -0.15) is 0 Å². The monoisotopic (exact) mass is 360 g/mol. The summed E-state index contributed by atoms with van der Waals surface area (Å²) in [6.45, 7) is 0.523. The Morgan fingerprint density at radius 2 is 1.74 bits per heavy atom. The first-order valence-corrected chi connectivity index (χ1v) is 8.87. The summed E-state index contributed by atoms with van der Waals surface area (Å²) in [5.41, 5.74) is 9.11. The number of carbonyl (C=O) groups excluding carboxylic acids is 1. The van der Waals surface area contributed by atoms with E-state index in [1.807, 2.05) is 18.2 Å². The zero-order chi connectivity index (χ0) is 18.8. The highest BCUT2D eigenvalue weighted by Crippen LogP contribution is 2.28. The first kappa shape index (κ1) is 17.0. The number of ether oxygens (including phenoxy) is 1. The fourth-order valence-corrected chi connectivity index (χ4v) is 3.29. The van der Waals surface area contributed by atoms with Crippen LogP contribution in [0.4, 0.5) is 0 Å². The molecular formula is C22H20N2O3. The molecule has 0 spiro atoms. The van der Waals surface area contributed by atoms with Crippen molar-refractivity contribution in [2.75, 3.05) is 6.61 Å². The zero-order valence-corrected chi connectivity index (χ0v) is 14.7. The van der Waals surface area contributed by atoms with Crippen LogP contribution in [0, 0.1) is 0 Å². The highest BCUT2D eigenvalue weighted by Gasteiger charge is 2.08. The van der Waals surface area contributed by atoms with Crippen molar-refractivity contribution in [3.8, 4) is 11.5 Å². The van der Waals surface area contributed by atoms with Crippen LogP contribution >= 0.6 is 0 Å². The molecule has 0 aliphatic heterocycles. The molecule has 4 aromatic rings. The molecule has 0 unspecified atom stereocenters. The second-order valence-corrected chi connectivity index (χ2v) is 6.55. The van der Waals surface area contributed by atoms with E-state index in [-0.39, 0.29) is 5.75 Å². The van der Waals surface area contributed by atoms with E-state index >= 15 is 0 Å². The van der Waals surface area contributed by atoms with Gasteiger partial charge in [0.05, 0.1) is 6.61 Å². The van der Waals surface area contributed by atoms with Crippen molar-refractivity contribution in [3.63, 3.8) is 0 Å². The van der Waals surface area contributed by atoms with E-state index in [9.17, 15) is 9.90 Å². The second-order valence-electron chi connectivity index (χ2n) is 6.55. The number of aromatic nitrogens is 1. The number of aromatic hydroxyl groups is 1. The fraction of sp³-hybridized carbons (Fsp3) is 0.136. The molecule has 0 saturated heterocycles. The largest absolute Gasteiger partial charge is 0.504 e. The highest BCUT2D eigenvalue weighted by molar-refractivity contribution is 6.10. The van der Waals surface area contributed by atoms with Crippen molar-refractivity contribution in [1.82, 2.24) is 4.98 Å². The summed E-state index contributed by atoms with van der Waals surface area (Å²) in [7, 11) is 0. The quantitative estimate of drug-likeness (QED) is 0.452. The maximum Gasteiger partial charge on any atom is 0.248 e. The molecule has 27 heavy (non-hydrogen) atoms. The standard InChI is InChI=1S/C22H20N2O3/c23-22(26)15-8-10-19-17(13-15)16-12-14(7-9-18(16)24-19)4-3-11-27-21-6-2-1-5-20(21)25/h1-2,5-10,12-13,24-25H,3-4,11H2,(H2,23,26). The van der Waals surface area contributed by atoms with Gasteiger partial charge in [-0.3, -0.25) is 4.79 Å². The van der Waals surface area contributed by atoms with Crippen molar-refractivity contribution in [1.29, 1.82) is 0 Å². The number of rotatable bonds is 6. The molecule has 4 rings (SSSR count). The fourth-order valence-electron chi connectivity index (χ4n) is 3.29. The molecule has 4 N–H and O–H groups in total. The van der Waals surface area contributed by atoms with Gasteiger partial charge in [0.15, 0.2) is 11.5 Å². The van der Waals surface area contributed by atoms with Crippen LogP contribution in [0.15, 0.2) is 60.7 Å². The summed E-state index contributed by atoms with van der Waals surface area (Å²) < 4.78 is 5.64. The van der Waals surface area contributed by atoms with E-state index in [1.54, 1.807) is 24.3 Å². The summed E-state index contributed by atoms with van der Waals surface area (Å²) in [5.74, 6) is 0.232. The van der Waals surface area contributed by atoms with Crippen LogP contribution in [0.1, 0.15) is 22.3 Å². The van der Waals surface area contributed by atoms with Crippen molar-refractivity contribution in [2.45, 2.75) is 12.8 Å². The second kappa shape index (κ2) is 7.03. The predicted octanol–water partition coefficient (Wildman–Crippen LogP) is 4.14. The zero-order valence-electron chi connectivity index (χ0n) is 14.7. The Morgan fingerprint density at radius 1 is 1.00 bits per heavy atom. The third kappa shape index (κ3) is 3.44. The number of nitrogens with one attached hydrogen (secondary N) is 1. The lowest BCUT2D eigenvalue weighted by Gasteiger charge is -2.07. The molecule has 0 bridgehead atoms. The highest BCUT2D eigenvalue weighted by atomic mass is 16.5. The number of amides is 1. The van der Waals surface area contributed by atoms with Gasteiger partial charge in [-0.15, -0.1) is 0 Å². The first-order valence-electron chi connectivity index (χ1n) is 8.87. The third-order valence-electron chi connectivity index (χ3n) is 4.68. The molecule has 1 aromatic heterocycles. The van der Waals surface area contributed by atoms with Crippen molar-refractivity contribution in [3.05, 3.63) is 71.8 Å². The van der Waals surface area contributed by atoms with E-state index < -0.39 is 5.91 Å². The van der Waals surface area contributed by atoms with Crippen LogP contribution in [0.3, 0.4) is 0 Å². The van der Waals surface area contributed by atoms with E-state index in [0.29, 0.717) is 17.9 Å². The molecule has 0 atom stereocenters. The number of phenols is 1. The van der Waals surface area contributed by atoms with Gasteiger partial charge in [0, 0.05) is 27.4 Å². The Balaban J connectivity index is 1.50. The third-order valence-corrected chi connectivity index (χ3v) is 4.68. The minimum atomic E-state index is -0.427. The minimum absolute atomic E-state index is 0.156. The number of aromatic amines is 1. The van der Waals surface area contributed by atoms with Crippen LogP contribution < -0.4 is 10.5 Å². The number of fused-ring (bicyclic) bond motifs is 3. The molecule has 5 heteroatoms. The van der Waals surface area contributed by atoms with Gasteiger partial charge in [-0.05, 0) is 60.9 Å². The van der Waals surface area contributed by atoms with Crippen molar-refractivity contribution in [2.24, 2.45) is 5.73 Å². The molecule has 1 amide bonds. The lowest BCUT2D eigenvalue weighted by Crippen LogP contribution is -2.10. The van der Waals surface area contributed by atoms with E-state index in [0.717, 1.165) is 34.6 Å². The molecule has 0 aliphatic rings. The average Bonchev–Trinajstić information content (AvgIpc) is 3.03. The molecule has 1 heterocycles. The molecule has 0 aliphatic carbocycles. The summed E-state index contributed by atoms with van der Waals surface area (Å²) in [6, 6.07) is 18.7. The van der Waals surface area contributed by atoms with Gasteiger partial charge in [-0.25, -0.2) is 0 Å². The predicted molar refractivity (Wildman–Crippen MR) is 106 cm³/mol. The Labute approximate surface area is 156 Å². The Morgan fingerprint density at radius 3 is 2.52 bits per heavy atom. The van der Waals surface area contributed by atoms with Gasteiger partial charge in [0.2, 0.25) is 5.91 Å². The number of hydrogen-bond acceptors (Lipinski definition) is 3. The first-order chi connectivity index (χ1) is 13.1. The Hall–Kier alpha value is -3.47. The summed E-state index contributed by atoms with van der Waals surface area (Å²) >= 11 is 0. The van der Waals surface area contributed by atoms with Crippen LogP contribution in [-0.2, 0) is 6.42 Å². The van der Waals surface area contributed by atoms with Crippen LogP contribution in [0.25, 0.3) is 21.8 Å². The van der Waals surface area contributed by atoms with Gasteiger partial charge in [0.1, 0.15) is 0 Å². The van der Waals surface area contributed by atoms with Crippen LogP contribution in [0.2, 0.25) is 0 Å². The summed E-state index contributed by atoms with van der Waals surface area (Å²) in [4.78, 5) is 14.8. The number of phenolic OH excluding ortho intramolecular Hbond substituents is 1. The number of para-hydroxylation sites is 2. The lowest BCUT2D eigenvalue weighted by molar-refractivity contribution is 0.100. The molecule has 0 saturated carbocycles. The van der Waals surface area contributed by atoms with Crippen LogP contribution in [0.5, 0.6) is 11.5 Å². The number of carbonyl (C=O) groups is 1. The van der Waals surface area contributed by atoms with Gasteiger partial charge in [0.25, 0.3) is 0 Å². The number of H-pyrrole nitrogens is 1. The van der Waals surface area contributed by atoms with Crippen molar-refractivity contribution >= 4 is 27.7 Å². The van der Waals surface area contributed by atoms with Gasteiger partial charge in [-0.1, -0.05) is 18.2 Å². The number of nitrogens with two attached hydrogens (primary N) is 1. The lowest BCUT2D eigenvalue weighted by atomic mass is 10.0. The molecule has 136 valence electrons. The SMILES string of the molecule is NC(=O)c1ccc2[nH]c3ccc(CCCOc4ccccc4O)cc3c2c1. The summed E-state index contributed by atoms with van der Waals surface area (Å²) in [5, 5.41) is 11.8. The smallest absolute Gasteiger partial charge is 0.248 e. The number of primary amides is 1. The topological polar surface area (TPSA) is 88.3 Å². The maximum absolute atomic E-state index is 11.5. The Kier molecular flexibility index (Phi) is 4.42. The van der Waals surface area contributed by atoms with Crippen molar-refractivity contribution < 1.29 is 14.6 Å². The average molecular weight is 360 g/mol. The van der Waals surface area contributed by atoms with E-state index in [2.05, 4.69) is 23.2 Å². The molecular weight excluding hydrogens is 340 g/mol. The number of hydrogen-bond donors (Lipinski definition) is 3. The number of benzene rings is 3. The maximum atomic E-state index is 11.5. The minimum Gasteiger partial charge on any atom is -0.504 e. The van der Waals surface area contributed by atoms with E-state index in [4.69, 9.17) is 10.5 Å². The van der Waals surface area contributed by atoms with E-state index in [1.165, 1.54) is 5.56 Å². The van der Waals surface area contributed by atoms with Gasteiger partial charge >= 0.3 is 0 Å². The molecule has 0 radical (unpaired) electrons. The molecule has 3 aromatic carbocycles. The molecule has 5 nitrogen and oxygen atoms in total. The number of aryl methyl sites for hydroxylation is 1. The van der Waals surface area contributed by atoms with Crippen LogP contribution in [-0.4, -0.2) is 22.6 Å². The Bertz CT molecular complexity index is 1130. The van der Waals surface area contributed by atoms with Gasteiger partial charge < -0.3 is 20.6 Å². The normalized spacial score (nSPS) is 11.1.